The van der Waals surface area contributed by atoms with Crippen LogP contribution in [0.25, 0.3) is 11.3 Å². The van der Waals surface area contributed by atoms with Crippen molar-refractivity contribution < 1.29 is 18.9 Å². The summed E-state index contributed by atoms with van der Waals surface area (Å²) in [5.41, 5.74) is 2.01. The van der Waals surface area contributed by atoms with E-state index in [1.54, 1.807) is 18.2 Å². The lowest BCUT2D eigenvalue weighted by molar-refractivity contribution is -0.118. The molecule has 2 aromatic carbocycles. The van der Waals surface area contributed by atoms with Crippen LogP contribution in [0.4, 0.5) is 5.82 Å². The molecular formula is C19H18ClN3O4. The molecule has 7 nitrogen and oxygen atoms in total. The van der Waals surface area contributed by atoms with Gasteiger partial charge in [-0.3, -0.25) is 4.79 Å². The molecule has 0 saturated heterocycles. The minimum atomic E-state index is -0.382. The van der Waals surface area contributed by atoms with Crippen molar-refractivity contribution in [3.8, 4) is 22.8 Å². The molecule has 3 aromatic rings. The molecule has 27 heavy (non-hydrogen) atoms. The molecule has 0 radical (unpaired) electrons. The first-order valence-electron chi connectivity index (χ1n) is 8.31. The number of aromatic nitrogens is 2. The summed E-state index contributed by atoms with van der Waals surface area (Å²) in [6.45, 7) is 4.17. The first-order chi connectivity index (χ1) is 13.1. The number of amides is 1. The number of halogens is 1. The third-order valence-electron chi connectivity index (χ3n) is 3.68. The number of carbonyl (C=O) groups excluding carboxylic acids is 1. The predicted octanol–water partition coefficient (Wildman–Crippen LogP) is 4.11. The van der Waals surface area contributed by atoms with Gasteiger partial charge in [-0.25, -0.2) is 4.63 Å². The number of rotatable bonds is 7. The number of hydrogen-bond acceptors (Lipinski definition) is 6. The molecule has 8 heteroatoms. The number of carbonyl (C=O) groups is 1. The van der Waals surface area contributed by atoms with Crippen molar-refractivity contribution in [3.63, 3.8) is 0 Å². The summed E-state index contributed by atoms with van der Waals surface area (Å²) >= 11 is 5.91. The number of nitrogens with zero attached hydrogens (tertiary/aromatic N) is 2. The second-order valence-corrected chi connectivity index (χ2v) is 6.10. The van der Waals surface area contributed by atoms with Crippen LogP contribution in [0.2, 0.25) is 5.02 Å². The smallest absolute Gasteiger partial charge is 0.263 e. The molecule has 0 aliphatic heterocycles. The number of anilines is 1. The molecule has 3 rings (SSSR count). The van der Waals surface area contributed by atoms with Crippen molar-refractivity contribution in [2.24, 2.45) is 0 Å². The Labute approximate surface area is 161 Å². The number of nitrogens with one attached hydrogen (secondary N) is 1. The van der Waals surface area contributed by atoms with Crippen LogP contribution < -0.4 is 14.8 Å². The summed E-state index contributed by atoms with van der Waals surface area (Å²) in [6, 6.07) is 12.4. The number of aryl methyl sites for hydroxylation is 1. The van der Waals surface area contributed by atoms with Crippen LogP contribution in [0.3, 0.4) is 0 Å². The molecule has 1 aromatic heterocycles. The van der Waals surface area contributed by atoms with Crippen molar-refractivity contribution in [3.05, 3.63) is 53.1 Å². The molecule has 1 N–H and O–H groups in total. The lowest BCUT2D eigenvalue weighted by atomic mass is 10.1. The van der Waals surface area contributed by atoms with Gasteiger partial charge in [-0.1, -0.05) is 11.6 Å². The number of hydrogen-bond donors (Lipinski definition) is 1. The van der Waals surface area contributed by atoms with Gasteiger partial charge in [0.25, 0.3) is 5.91 Å². The molecule has 140 valence electrons. The topological polar surface area (TPSA) is 86.5 Å². The first kappa shape index (κ1) is 18.7. The zero-order valence-corrected chi connectivity index (χ0v) is 15.6. The van der Waals surface area contributed by atoms with E-state index in [-0.39, 0.29) is 18.3 Å². The van der Waals surface area contributed by atoms with E-state index in [1.165, 1.54) is 0 Å². The Bertz CT molecular complexity index is 925. The lowest BCUT2D eigenvalue weighted by Gasteiger charge is -2.09. The Balaban J connectivity index is 1.64. The minimum absolute atomic E-state index is 0.182. The summed E-state index contributed by atoms with van der Waals surface area (Å²) in [4.78, 5) is 12.2. The average molecular weight is 388 g/mol. The monoisotopic (exact) mass is 387 g/mol. The van der Waals surface area contributed by atoms with Gasteiger partial charge in [0.2, 0.25) is 5.82 Å². The maximum atomic E-state index is 12.2. The van der Waals surface area contributed by atoms with Crippen LogP contribution in [0, 0.1) is 6.92 Å². The van der Waals surface area contributed by atoms with E-state index >= 15 is 0 Å². The summed E-state index contributed by atoms with van der Waals surface area (Å²) in [5, 5.41) is 10.9. The lowest BCUT2D eigenvalue weighted by Crippen LogP contribution is -2.21. The second kappa shape index (κ2) is 8.55. The van der Waals surface area contributed by atoms with Gasteiger partial charge in [0.05, 0.1) is 6.61 Å². The fraction of sp³-hybridized carbons (Fsp3) is 0.211. The third-order valence-corrected chi connectivity index (χ3v) is 3.92. The maximum Gasteiger partial charge on any atom is 0.263 e. The first-order valence-corrected chi connectivity index (χ1v) is 8.69. The van der Waals surface area contributed by atoms with Gasteiger partial charge in [-0.2, -0.15) is 0 Å². The highest BCUT2D eigenvalue weighted by molar-refractivity contribution is 6.30. The SMILES string of the molecule is CCOc1ccc(-c2nonc2NC(=O)COc2ccc(Cl)cc2C)cc1. The number of ether oxygens (including phenoxy) is 2. The molecule has 0 spiro atoms. The highest BCUT2D eigenvalue weighted by Gasteiger charge is 2.16. The number of benzene rings is 2. The second-order valence-electron chi connectivity index (χ2n) is 5.67. The van der Waals surface area contributed by atoms with Gasteiger partial charge < -0.3 is 14.8 Å². The summed E-state index contributed by atoms with van der Waals surface area (Å²) in [6.07, 6.45) is 0. The van der Waals surface area contributed by atoms with Crippen LogP contribution >= 0.6 is 11.6 Å². The molecule has 1 amide bonds. The van der Waals surface area contributed by atoms with E-state index < -0.39 is 0 Å². The quantitative estimate of drug-likeness (QED) is 0.656. The highest BCUT2D eigenvalue weighted by Crippen LogP contribution is 2.26. The Morgan fingerprint density at radius 3 is 2.63 bits per heavy atom. The normalized spacial score (nSPS) is 10.5. The fourth-order valence-electron chi connectivity index (χ4n) is 2.42. The van der Waals surface area contributed by atoms with Crippen LogP contribution in [0.1, 0.15) is 12.5 Å². The largest absolute Gasteiger partial charge is 0.494 e. The highest BCUT2D eigenvalue weighted by atomic mass is 35.5. The molecule has 0 unspecified atom stereocenters. The van der Waals surface area contributed by atoms with E-state index in [2.05, 4.69) is 15.6 Å². The minimum Gasteiger partial charge on any atom is -0.494 e. The van der Waals surface area contributed by atoms with Crippen LogP contribution in [-0.2, 0) is 4.79 Å². The molecule has 1 heterocycles. The fourth-order valence-corrected chi connectivity index (χ4v) is 2.65. The molecule has 0 aliphatic carbocycles. The summed E-state index contributed by atoms with van der Waals surface area (Å²) < 4.78 is 15.7. The molecule has 0 atom stereocenters. The van der Waals surface area contributed by atoms with E-state index in [0.29, 0.717) is 23.1 Å². The Morgan fingerprint density at radius 2 is 1.93 bits per heavy atom. The maximum absolute atomic E-state index is 12.2. The van der Waals surface area contributed by atoms with Crippen LogP contribution in [0.15, 0.2) is 47.1 Å². The Morgan fingerprint density at radius 1 is 1.15 bits per heavy atom. The molecular weight excluding hydrogens is 370 g/mol. The summed E-state index contributed by atoms with van der Waals surface area (Å²) in [7, 11) is 0. The van der Waals surface area contributed by atoms with E-state index in [0.717, 1.165) is 16.9 Å². The van der Waals surface area contributed by atoms with E-state index in [4.69, 9.17) is 25.7 Å². The van der Waals surface area contributed by atoms with Crippen molar-refractivity contribution >= 4 is 23.3 Å². The zero-order valence-electron chi connectivity index (χ0n) is 14.9. The van der Waals surface area contributed by atoms with E-state index in [9.17, 15) is 4.79 Å². The molecule has 0 fully saturated rings. The van der Waals surface area contributed by atoms with Crippen molar-refractivity contribution in [1.29, 1.82) is 0 Å². The molecule has 0 bridgehead atoms. The summed E-state index contributed by atoms with van der Waals surface area (Å²) in [5.74, 6) is 1.17. The van der Waals surface area contributed by atoms with Crippen molar-refractivity contribution in [1.82, 2.24) is 10.3 Å². The van der Waals surface area contributed by atoms with Gasteiger partial charge in [-0.05, 0) is 72.2 Å². The predicted molar refractivity (Wildman–Crippen MR) is 101 cm³/mol. The Hall–Kier alpha value is -3.06. The van der Waals surface area contributed by atoms with Gasteiger partial charge in [0.15, 0.2) is 12.3 Å². The zero-order chi connectivity index (χ0) is 19.2. The van der Waals surface area contributed by atoms with Gasteiger partial charge >= 0.3 is 0 Å². The van der Waals surface area contributed by atoms with Crippen LogP contribution in [-0.4, -0.2) is 29.4 Å². The van der Waals surface area contributed by atoms with Crippen molar-refractivity contribution in [2.75, 3.05) is 18.5 Å². The molecule has 0 aliphatic rings. The van der Waals surface area contributed by atoms with Crippen molar-refractivity contribution in [2.45, 2.75) is 13.8 Å². The van der Waals surface area contributed by atoms with Gasteiger partial charge in [-0.15, -0.1) is 0 Å². The standard InChI is InChI=1S/C19H18ClN3O4/c1-3-25-15-7-4-13(5-8-15)18-19(23-27-22-18)21-17(24)11-26-16-9-6-14(20)10-12(16)2/h4-10H,3,11H2,1-2H3,(H,21,23,24). The average Bonchev–Trinajstić information content (AvgIpc) is 3.10. The van der Waals surface area contributed by atoms with Gasteiger partial charge in [0, 0.05) is 10.6 Å². The molecule has 0 saturated carbocycles. The third kappa shape index (κ3) is 4.77. The Kier molecular flexibility index (Phi) is 5.93. The van der Waals surface area contributed by atoms with E-state index in [1.807, 2.05) is 38.1 Å². The van der Waals surface area contributed by atoms with Crippen LogP contribution in [0.5, 0.6) is 11.5 Å². The van der Waals surface area contributed by atoms with Gasteiger partial charge in [0.1, 0.15) is 11.5 Å².